The molecule has 0 aliphatic carbocycles. The minimum absolute atomic E-state index is 0. The number of unbranched alkanes of at least 4 members (excludes halogenated alkanes) is 14. The van der Waals surface area contributed by atoms with Gasteiger partial charge in [-0.3, -0.25) is 9.59 Å². The van der Waals surface area contributed by atoms with E-state index in [1.807, 2.05) is 0 Å². The van der Waals surface area contributed by atoms with Crippen LogP contribution in [0.2, 0.25) is 0 Å². The molecule has 0 aromatic heterocycles. The molecular formula is C22H43NO3Zn. The van der Waals surface area contributed by atoms with Gasteiger partial charge in [0.05, 0.1) is 0 Å². The fourth-order valence-corrected chi connectivity index (χ4v) is 3.21. The number of amides is 1. The van der Waals surface area contributed by atoms with E-state index in [0.29, 0.717) is 6.42 Å². The van der Waals surface area contributed by atoms with E-state index >= 15 is 0 Å². The second kappa shape index (κ2) is 23.6. The van der Waals surface area contributed by atoms with Crippen molar-refractivity contribution in [2.24, 2.45) is 0 Å². The Balaban J connectivity index is 0. The van der Waals surface area contributed by atoms with E-state index in [9.17, 15) is 9.59 Å². The Hall–Kier alpha value is -0.437. The van der Waals surface area contributed by atoms with Crippen molar-refractivity contribution in [1.29, 1.82) is 0 Å². The zero-order valence-corrected chi connectivity index (χ0v) is 20.9. The van der Waals surface area contributed by atoms with Gasteiger partial charge in [0.1, 0.15) is 0 Å². The van der Waals surface area contributed by atoms with Gasteiger partial charge in [0.25, 0.3) is 0 Å². The monoisotopic (exact) mass is 433 g/mol. The second-order valence-corrected chi connectivity index (χ2v) is 7.55. The molecular weight excluding hydrogens is 392 g/mol. The van der Waals surface area contributed by atoms with Crippen LogP contribution >= 0.6 is 0 Å². The molecule has 0 atom stereocenters. The van der Waals surface area contributed by atoms with Crippen molar-refractivity contribution >= 4 is 11.9 Å². The van der Waals surface area contributed by atoms with Crippen LogP contribution in [-0.4, -0.2) is 23.5 Å². The summed E-state index contributed by atoms with van der Waals surface area (Å²) in [6, 6.07) is 0. The summed E-state index contributed by atoms with van der Waals surface area (Å²) in [4.78, 5) is 20.5. The maximum absolute atomic E-state index is 10.3. The van der Waals surface area contributed by atoms with Crippen LogP contribution in [0.1, 0.15) is 122 Å². The predicted molar refractivity (Wildman–Crippen MR) is 109 cm³/mol. The summed E-state index contributed by atoms with van der Waals surface area (Å²) in [6.45, 7) is 3.16. The van der Waals surface area contributed by atoms with Gasteiger partial charge in [-0.05, 0) is 12.8 Å². The van der Waals surface area contributed by atoms with Crippen LogP contribution in [0.3, 0.4) is 0 Å². The molecule has 4 nitrogen and oxygen atoms in total. The number of nitrogens with one attached hydrogen (secondary N) is 1. The summed E-state index contributed by atoms with van der Waals surface area (Å²) in [5, 5.41) is 11.2. The number of carbonyl (C=O) groups is 2. The van der Waals surface area contributed by atoms with Crippen molar-refractivity contribution in [2.45, 2.75) is 122 Å². The standard InChI is InChI=1S/C18H36O2.C4H7NO.Zn/c1-2-3-4-5-6-7-8-9-10-11-12-13-14-15-16-17-18(19)20;6-4-2-1-3-5-4;/h2-17H2,1H3,(H,19,20);1-3H2,(H,5,6);. The van der Waals surface area contributed by atoms with Crippen molar-refractivity contribution < 1.29 is 34.2 Å². The topological polar surface area (TPSA) is 66.4 Å². The third-order valence-electron chi connectivity index (χ3n) is 4.90. The fourth-order valence-electron chi connectivity index (χ4n) is 3.21. The van der Waals surface area contributed by atoms with Gasteiger partial charge in [-0.25, -0.2) is 0 Å². The summed E-state index contributed by atoms with van der Waals surface area (Å²) >= 11 is 0. The molecule has 5 heteroatoms. The molecule has 0 saturated carbocycles. The Morgan fingerprint density at radius 1 is 0.815 bits per heavy atom. The largest absolute Gasteiger partial charge is 0.481 e. The predicted octanol–water partition coefficient (Wildman–Crippen LogP) is 6.23. The third-order valence-corrected chi connectivity index (χ3v) is 4.90. The fraction of sp³-hybridized carbons (Fsp3) is 0.909. The molecule has 0 aromatic carbocycles. The van der Waals surface area contributed by atoms with Crippen molar-refractivity contribution in [2.75, 3.05) is 6.54 Å². The first-order valence-electron chi connectivity index (χ1n) is 11.1. The van der Waals surface area contributed by atoms with E-state index in [1.54, 1.807) is 0 Å². The van der Waals surface area contributed by atoms with Gasteiger partial charge in [0.15, 0.2) is 0 Å². The van der Waals surface area contributed by atoms with Crippen molar-refractivity contribution in [3.05, 3.63) is 0 Å². The zero-order valence-electron chi connectivity index (χ0n) is 17.9. The van der Waals surface area contributed by atoms with Crippen LogP contribution in [0.5, 0.6) is 0 Å². The van der Waals surface area contributed by atoms with Gasteiger partial charge >= 0.3 is 5.97 Å². The maximum Gasteiger partial charge on any atom is 0.303 e. The van der Waals surface area contributed by atoms with Crippen molar-refractivity contribution in [1.82, 2.24) is 5.32 Å². The van der Waals surface area contributed by atoms with E-state index in [1.165, 1.54) is 83.5 Å². The van der Waals surface area contributed by atoms with Gasteiger partial charge in [-0.1, -0.05) is 96.8 Å². The van der Waals surface area contributed by atoms with Crippen LogP contribution < -0.4 is 5.32 Å². The van der Waals surface area contributed by atoms with Gasteiger partial charge in [-0.2, -0.15) is 0 Å². The molecule has 1 aliphatic rings. The molecule has 1 heterocycles. The first kappa shape index (κ1) is 28.8. The Labute approximate surface area is 180 Å². The van der Waals surface area contributed by atoms with E-state index in [-0.39, 0.29) is 25.4 Å². The summed E-state index contributed by atoms with van der Waals surface area (Å²) in [5.74, 6) is -0.449. The Kier molecular flexibility index (Phi) is 25.1. The smallest absolute Gasteiger partial charge is 0.303 e. The number of hydrogen-bond donors (Lipinski definition) is 2. The van der Waals surface area contributed by atoms with Gasteiger partial charge in [0, 0.05) is 38.9 Å². The molecule has 1 rings (SSSR count). The normalized spacial score (nSPS) is 12.7. The minimum Gasteiger partial charge on any atom is -0.481 e. The molecule has 0 bridgehead atoms. The molecule has 1 fully saturated rings. The van der Waals surface area contributed by atoms with E-state index < -0.39 is 5.97 Å². The molecule has 0 radical (unpaired) electrons. The van der Waals surface area contributed by atoms with Gasteiger partial charge in [-0.15, -0.1) is 0 Å². The first-order valence-corrected chi connectivity index (χ1v) is 11.1. The quantitative estimate of drug-likeness (QED) is 0.223. The van der Waals surface area contributed by atoms with Gasteiger partial charge in [0.2, 0.25) is 5.91 Å². The molecule has 156 valence electrons. The van der Waals surface area contributed by atoms with Crippen LogP contribution in [-0.2, 0) is 29.1 Å². The number of hydrogen-bond acceptors (Lipinski definition) is 2. The summed E-state index contributed by atoms with van der Waals surface area (Å²) in [7, 11) is 0. The molecule has 0 unspecified atom stereocenters. The zero-order chi connectivity index (χ0) is 19.3. The molecule has 1 amide bonds. The molecule has 0 aromatic rings. The SMILES string of the molecule is CCCCCCCCCCCCCCCCCC(=O)O.O=C1CCCN1.[Zn]. The number of carboxylic acid groups (broad SMARTS) is 1. The number of rotatable bonds is 16. The van der Waals surface area contributed by atoms with Crippen molar-refractivity contribution in [3.8, 4) is 0 Å². The van der Waals surface area contributed by atoms with E-state index in [0.717, 1.165) is 32.2 Å². The maximum atomic E-state index is 10.3. The Morgan fingerprint density at radius 3 is 1.48 bits per heavy atom. The first-order chi connectivity index (χ1) is 12.7. The van der Waals surface area contributed by atoms with Crippen LogP contribution in [0, 0.1) is 0 Å². The number of carboxylic acids is 1. The Bertz CT molecular complexity index is 330. The van der Waals surface area contributed by atoms with Crippen LogP contribution in [0.4, 0.5) is 0 Å². The summed E-state index contributed by atoms with van der Waals surface area (Å²) in [6.07, 6.45) is 22.0. The molecule has 27 heavy (non-hydrogen) atoms. The third kappa shape index (κ3) is 25.6. The van der Waals surface area contributed by atoms with E-state index in [4.69, 9.17) is 5.11 Å². The van der Waals surface area contributed by atoms with Crippen LogP contribution in [0.15, 0.2) is 0 Å². The molecule has 1 saturated heterocycles. The molecule has 0 spiro atoms. The average molecular weight is 435 g/mol. The summed E-state index contributed by atoms with van der Waals surface area (Å²) in [5.41, 5.74) is 0. The molecule has 1 aliphatic heterocycles. The average Bonchev–Trinajstić information content (AvgIpc) is 3.09. The number of aliphatic carboxylic acids is 1. The van der Waals surface area contributed by atoms with Crippen LogP contribution in [0.25, 0.3) is 0 Å². The number of carbonyl (C=O) groups excluding carboxylic acids is 1. The Morgan fingerprint density at radius 2 is 1.22 bits per heavy atom. The van der Waals surface area contributed by atoms with Crippen molar-refractivity contribution in [3.63, 3.8) is 0 Å². The van der Waals surface area contributed by atoms with E-state index in [2.05, 4.69) is 12.2 Å². The minimum atomic E-state index is -0.653. The second-order valence-electron chi connectivity index (χ2n) is 7.55. The molecule has 2 N–H and O–H groups in total. The van der Waals surface area contributed by atoms with Gasteiger partial charge < -0.3 is 10.4 Å². The summed E-state index contributed by atoms with van der Waals surface area (Å²) < 4.78 is 0.